The largest absolute Gasteiger partial charge is 0.497 e. The summed E-state index contributed by atoms with van der Waals surface area (Å²) in [6.07, 6.45) is -4.29. The maximum atomic E-state index is 13.1. The summed E-state index contributed by atoms with van der Waals surface area (Å²) < 4.78 is 77.8. The standard InChI is InChI=1S/C16H18F3N3O4S/c1-25-11-3-2-4-12(9-11)27(23,24)20-6-7-22-14-5-8-26-10-13(14)15(21-22)16(17,18)19/h2-4,9,20H,5-8,10H2,1H3. The summed E-state index contributed by atoms with van der Waals surface area (Å²) in [5.74, 6) is 0.383. The van der Waals surface area contributed by atoms with E-state index in [1.807, 2.05) is 0 Å². The number of aromatic nitrogens is 2. The summed E-state index contributed by atoms with van der Waals surface area (Å²) in [6, 6.07) is 5.90. The van der Waals surface area contributed by atoms with Gasteiger partial charge in [-0.25, -0.2) is 13.1 Å². The Balaban J connectivity index is 1.74. The molecule has 0 radical (unpaired) electrons. The fraction of sp³-hybridized carbons (Fsp3) is 0.438. The van der Waals surface area contributed by atoms with Gasteiger partial charge in [0.15, 0.2) is 5.69 Å². The molecule has 1 aliphatic heterocycles. The molecule has 0 aliphatic carbocycles. The summed E-state index contributed by atoms with van der Waals surface area (Å²) in [5.41, 5.74) is -0.536. The minimum Gasteiger partial charge on any atom is -0.497 e. The maximum Gasteiger partial charge on any atom is 0.435 e. The molecule has 1 aromatic heterocycles. The van der Waals surface area contributed by atoms with Crippen LogP contribution < -0.4 is 9.46 Å². The van der Waals surface area contributed by atoms with E-state index >= 15 is 0 Å². The number of sulfonamides is 1. The van der Waals surface area contributed by atoms with Gasteiger partial charge in [0.25, 0.3) is 0 Å². The van der Waals surface area contributed by atoms with Crippen LogP contribution in [0.4, 0.5) is 13.2 Å². The van der Waals surface area contributed by atoms with Crippen molar-refractivity contribution >= 4 is 10.0 Å². The van der Waals surface area contributed by atoms with Gasteiger partial charge in [0.05, 0.1) is 31.8 Å². The molecule has 11 heteroatoms. The van der Waals surface area contributed by atoms with E-state index in [2.05, 4.69) is 9.82 Å². The number of hydrogen-bond donors (Lipinski definition) is 1. The van der Waals surface area contributed by atoms with E-state index in [4.69, 9.17) is 9.47 Å². The minimum absolute atomic E-state index is 0.00808. The minimum atomic E-state index is -4.59. The first-order valence-corrected chi connectivity index (χ1v) is 9.58. The summed E-state index contributed by atoms with van der Waals surface area (Å²) in [4.78, 5) is 0.00808. The second kappa shape index (κ2) is 7.49. The molecule has 1 N–H and O–H groups in total. The highest BCUT2D eigenvalue weighted by molar-refractivity contribution is 7.89. The Morgan fingerprint density at radius 2 is 2.15 bits per heavy atom. The third kappa shape index (κ3) is 4.25. The lowest BCUT2D eigenvalue weighted by atomic mass is 10.1. The van der Waals surface area contributed by atoms with E-state index in [1.54, 1.807) is 6.07 Å². The van der Waals surface area contributed by atoms with Gasteiger partial charge in [-0.05, 0) is 12.1 Å². The molecule has 0 saturated carbocycles. The van der Waals surface area contributed by atoms with Gasteiger partial charge in [-0.3, -0.25) is 4.68 Å². The summed E-state index contributed by atoms with van der Waals surface area (Å²) in [5, 5.41) is 3.64. The van der Waals surface area contributed by atoms with Gasteiger partial charge in [-0.15, -0.1) is 0 Å². The number of hydrogen-bond acceptors (Lipinski definition) is 5. The van der Waals surface area contributed by atoms with Crippen LogP contribution in [0, 0.1) is 0 Å². The Morgan fingerprint density at radius 1 is 1.37 bits per heavy atom. The first-order chi connectivity index (χ1) is 12.7. The lowest BCUT2D eigenvalue weighted by Crippen LogP contribution is -2.28. The van der Waals surface area contributed by atoms with Crippen LogP contribution in [0.2, 0.25) is 0 Å². The number of benzene rings is 1. The molecule has 3 rings (SSSR count). The first kappa shape index (κ1) is 19.6. The van der Waals surface area contributed by atoms with Gasteiger partial charge in [-0.1, -0.05) is 6.07 Å². The molecule has 7 nitrogen and oxygen atoms in total. The van der Waals surface area contributed by atoms with Gasteiger partial charge in [0.2, 0.25) is 10.0 Å². The van der Waals surface area contributed by atoms with Crippen molar-refractivity contribution in [2.75, 3.05) is 20.3 Å². The third-order valence-corrected chi connectivity index (χ3v) is 5.59. The topological polar surface area (TPSA) is 82.5 Å². The number of nitrogens with one attached hydrogen (secondary N) is 1. The summed E-state index contributed by atoms with van der Waals surface area (Å²) in [7, 11) is -2.41. The van der Waals surface area contributed by atoms with Gasteiger partial charge in [0.1, 0.15) is 5.75 Å². The van der Waals surface area contributed by atoms with Crippen molar-refractivity contribution in [3.05, 3.63) is 41.2 Å². The van der Waals surface area contributed by atoms with Crippen LogP contribution in [0.15, 0.2) is 29.2 Å². The molecular formula is C16H18F3N3O4S. The molecule has 148 valence electrons. The van der Waals surface area contributed by atoms with E-state index in [0.29, 0.717) is 24.5 Å². The molecule has 0 unspecified atom stereocenters. The molecule has 0 saturated heterocycles. The number of ether oxygens (including phenoxy) is 2. The monoisotopic (exact) mass is 405 g/mol. The van der Waals surface area contributed by atoms with Crippen molar-refractivity contribution in [3.63, 3.8) is 0 Å². The van der Waals surface area contributed by atoms with E-state index in [0.717, 1.165) is 0 Å². The zero-order chi connectivity index (χ0) is 19.7. The molecule has 1 aliphatic rings. The van der Waals surface area contributed by atoms with E-state index in [1.165, 1.54) is 30.0 Å². The highest BCUT2D eigenvalue weighted by Crippen LogP contribution is 2.34. The van der Waals surface area contributed by atoms with Crippen LogP contribution in [0.25, 0.3) is 0 Å². The number of nitrogens with zero attached hydrogens (tertiary/aromatic N) is 2. The lowest BCUT2D eigenvalue weighted by molar-refractivity contribution is -0.142. The highest BCUT2D eigenvalue weighted by atomic mass is 32.2. The van der Waals surface area contributed by atoms with Crippen molar-refractivity contribution in [3.8, 4) is 5.75 Å². The quantitative estimate of drug-likeness (QED) is 0.795. The Labute approximate surface area is 154 Å². The van der Waals surface area contributed by atoms with Gasteiger partial charge in [0, 0.05) is 30.3 Å². The normalized spacial score (nSPS) is 14.8. The zero-order valence-corrected chi connectivity index (χ0v) is 15.2. The number of fused-ring (bicyclic) bond motifs is 1. The zero-order valence-electron chi connectivity index (χ0n) is 14.4. The predicted molar refractivity (Wildman–Crippen MR) is 88.8 cm³/mol. The smallest absolute Gasteiger partial charge is 0.435 e. The van der Waals surface area contributed by atoms with Crippen LogP contribution in [-0.2, 0) is 40.5 Å². The van der Waals surface area contributed by atoms with Gasteiger partial charge >= 0.3 is 6.18 Å². The summed E-state index contributed by atoms with van der Waals surface area (Å²) >= 11 is 0. The Kier molecular flexibility index (Phi) is 5.45. The van der Waals surface area contributed by atoms with Crippen molar-refractivity contribution in [2.45, 2.75) is 30.6 Å². The van der Waals surface area contributed by atoms with Crippen molar-refractivity contribution < 1.29 is 31.1 Å². The van der Waals surface area contributed by atoms with Crippen LogP contribution >= 0.6 is 0 Å². The van der Waals surface area contributed by atoms with E-state index in [-0.39, 0.29) is 30.2 Å². The average molecular weight is 405 g/mol. The van der Waals surface area contributed by atoms with E-state index < -0.39 is 21.9 Å². The molecule has 2 heterocycles. The molecule has 0 atom stereocenters. The highest BCUT2D eigenvalue weighted by Gasteiger charge is 2.39. The molecule has 0 bridgehead atoms. The van der Waals surface area contributed by atoms with Crippen LogP contribution in [0.3, 0.4) is 0 Å². The lowest BCUT2D eigenvalue weighted by Gasteiger charge is -2.15. The first-order valence-electron chi connectivity index (χ1n) is 8.09. The second-order valence-electron chi connectivity index (χ2n) is 5.87. The van der Waals surface area contributed by atoms with Gasteiger partial charge in [-0.2, -0.15) is 18.3 Å². The SMILES string of the molecule is COc1cccc(S(=O)(=O)NCCn2nc(C(F)(F)F)c3c2CCOC3)c1. The van der Waals surface area contributed by atoms with Crippen LogP contribution in [0.5, 0.6) is 5.75 Å². The molecule has 27 heavy (non-hydrogen) atoms. The maximum absolute atomic E-state index is 13.1. The summed E-state index contributed by atoms with van der Waals surface area (Å²) in [6.45, 7) is 0.0126. The fourth-order valence-electron chi connectivity index (χ4n) is 2.86. The Bertz CT molecular complexity index is 925. The molecular weight excluding hydrogens is 387 g/mol. The number of alkyl halides is 3. The van der Waals surface area contributed by atoms with Crippen molar-refractivity contribution in [1.82, 2.24) is 14.5 Å². The van der Waals surface area contributed by atoms with Gasteiger partial charge < -0.3 is 9.47 Å². The van der Waals surface area contributed by atoms with Crippen molar-refractivity contribution in [1.29, 1.82) is 0 Å². The third-order valence-electron chi connectivity index (χ3n) is 4.13. The molecule has 0 spiro atoms. The Morgan fingerprint density at radius 3 is 2.85 bits per heavy atom. The molecule has 2 aromatic rings. The van der Waals surface area contributed by atoms with Crippen molar-refractivity contribution in [2.24, 2.45) is 0 Å². The molecule has 0 fully saturated rings. The number of halogens is 3. The molecule has 1 aromatic carbocycles. The average Bonchev–Trinajstić information content (AvgIpc) is 3.01. The Hall–Kier alpha value is -2.11. The number of methoxy groups -OCH3 is 1. The fourth-order valence-corrected chi connectivity index (χ4v) is 3.91. The van der Waals surface area contributed by atoms with Crippen LogP contribution in [0.1, 0.15) is 17.0 Å². The molecule has 0 amide bonds. The van der Waals surface area contributed by atoms with Crippen LogP contribution in [-0.4, -0.2) is 38.5 Å². The number of rotatable bonds is 6. The predicted octanol–water partition coefficient (Wildman–Crippen LogP) is 1.96. The van der Waals surface area contributed by atoms with E-state index in [9.17, 15) is 21.6 Å². The second-order valence-corrected chi connectivity index (χ2v) is 7.64.